The zero-order valence-corrected chi connectivity index (χ0v) is 16.1. The Morgan fingerprint density at radius 2 is 1.92 bits per heavy atom. The van der Waals surface area contributed by atoms with Crippen LogP contribution < -0.4 is 11.1 Å². The minimum absolute atomic E-state index is 0.0574. The molecule has 0 radical (unpaired) electrons. The smallest absolute Gasteiger partial charge is 0.225 e. The number of hydrogen-bond donors (Lipinski definition) is 2. The first-order chi connectivity index (χ1) is 12.4. The Hall–Kier alpha value is -1.89. The van der Waals surface area contributed by atoms with E-state index < -0.39 is 0 Å². The largest absolute Gasteiger partial charge is 0.394 e. The van der Waals surface area contributed by atoms with E-state index in [9.17, 15) is 4.79 Å². The average Bonchev–Trinajstić information content (AvgIpc) is 2.64. The van der Waals surface area contributed by atoms with Gasteiger partial charge in [-0.1, -0.05) is 6.92 Å². The molecule has 0 atom stereocenters. The summed E-state index contributed by atoms with van der Waals surface area (Å²) in [5, 5.41) is 3.50. The zero-order chi connectivity index (χ0) is 18.7. The van der Waals surface area contributed by atoms with Crippen LogP contribution in [-0.2, 0) is 14.9 Å². The third-order valence-corrected chi connectivity index (χ3v) is 5.81. The van der Waals surface area contributed by atoms with Crippen molar-refractivity contribution in [3.05, 3.63) is 12.0 Å². The number of anilines is 2. The van der Waals surface area contributed by atoms with Gasteiger partial charge in [0.25, 0.3) is 0 Å². The minimum Gasteiger partial charge on any atom is -0.394 e. The van der Waals surface area contributed by atoms with Crippen molar-refractivity contribution in [2.24, 2.45) is 5.92 Å². The number of rotatable bonds is 4. The van der Waals surface area contributed by atoms with Gasteiger partial charge in [0.15, 0.2) is 5.82 Å². The van der Waals surface area contributed by atoms with Crippen LogP contribution in [0.2, 0.25) is 0 Å². The van der Waals surface area contributed by atoms with Gasteiger partial charge >= 0.3 is 0 Å². The summed E-state index contributed by atoms with van der Waals surface area (Å²) in [6.45, 7) is 3.69. The fourth-order valence-electron chi connectivity index (χ4n) is 3.89. The summed E-state index contributed by atoms with van der Waals surface area (Å²) in [4.78, 5) is 23.1. The summed E-state index contributed by atoms with van der Waals surface area (Å²) < 4.78 is 5.48. The molecule has 0 spiro atoms. The molecule has 1 aromatic heterocycles. The summed E-state index contributed by atoms with van der Waals surface area (Å²) in [6.07, 6.45) is 7.28. The number of nitrogens with zero attached hydrogens (tertiary/aromatic N) is 3. The van der Waals surface area contributed by atoms with Crippen LogP contribution in [0.5, 0.6) is 0 Å². The maximum absolute atomic E-state index is 12.1. The van der Waals surface area contributed by atoms with Crippen molar-refractivity contribution in [3.8, 4) is 0 Å². The van der Waals surface area contributed by atoms with Crippen molar-refractivity contribution in [1.29, 1.82) is 0 Å². The van der Waals surface area contributed by atoms with Crippen LogP contribution in [0.3, 0.4) is 0 Å². The molecule has 2 aliphatic rings. The molecule has 7 nitrogen and oxygen atoms in total. The Bertz CT molecular complexity index is 635. The highest BCUT2D eigenvalue weighted by molar-refractivity contribution is 5.78. The lowest BCUT2D eigenvalue weighted by atomic mass is 9.81. The van der Waals surface area contributed by atoms with Gasteiger partial charge in [-0.3, -0.25) is 4.79 Å². The van der Waals surface area contributed by atoms with Crippen LogP contribution in [0.25, 0.3) is 0 Å². The molecule has 1 amide bonds. The van der Waals surface area contributed by atoms with Crippen LogP contribution in [-0.4, -0.2) is 54.1 Å². The van der Waals surface area contributed by atoms with E-state index in [-0.39, 0.29) is 17.2 Å². The van der Waals surface area contributed by atoms with Crippen LogP contribution >= 0.6 is 0 Å². The van der Waals surface area contributed by atoms with Gasteiger partial charge in [-0.25, -0.2) is 9.97 Å². The van der Waals surface area contributed by atoms with E-state index in [1.54, 1.807) is 11.1 Å². The van der Waals surface area contributed by atoms with Crippen molar-refractivity contribution < 1.29 is 9.53 Å². The molecule has 2 fully saturated rings. The predicted octanol–water partition coefficient (Wildman–Crippen LogP) is 2.19. The Morgan fingerprint density at radius 3 is 2.54 bits per heavy atom. The second-order valence-electron chi connectivity index (χ2n) is 8.10. The number of carbonyl (C=O) groups excluding carboxylic acids is 1. The molecule has 1 saturated carbocycles. The number of nitrogens with one attached hydrogen (secondary N) is 1. The van der Waals surface area contributed by atoms with E-state index in [1.165, 1.54) is 0 Å². The number of nitrogens with two attached hydrogens (primary N) is 1. The molecule has 1 aliphatic carbocycles. The number of carbonyl (C=O) groups is 1. The number of amides is 1. The van der Waals surface area contributed by atoms with Crippen molar-refractivity contribution in [2.75, 3.05) is 38.4 Å². The topological polar surface area (TPSA) is 93.4 Å². The Morgan fingerprint density at radius 1 is 1.27 bits per heavy atom. The van der Waals surface area contributed by atoms with E-state index in [4.69, 9.17) is 15.5 Å². The van der Waals surface area contributed by atoms with Crippen molar-refractivity contribution in [3.63, 3.8) is 0 Å². The minimum atomic E-state index is -0.0574. The third kappa shape index (κ3) is 4.09. The van der Waals surface area contributed by atoms with E-state index in [0.29, 0.717) is 11.7 Å². The predicted molar refractivity (Wildman–Crippen MR) is 102 cm³/mol. The van der Waals surface area contributed by atoms with Gasteiger partial charge in [0.2, 0.25) is 5.91 Å². The summed E-state index contributed by atoms with van der Waals surface area (Å²) in [5.41, 5.74) is 6.64. The van der Waals surface area contributed by atoms with Gasteiger partial charge in [0, 0.05) is 44.7 Å². The van der Waals surface area contributed by atoms with Gasteiger partial charge in [-0.05, 0) is 38.5 Å². The first-order valence-electron chi connectivity index (χ1n) is 9.57. The summed E-state index contributed by atoms with van der Waals surface area (Å²) in [5.74, 6) is 1.95. The van der Waals surface area contributed by atoms with E-state index >= 15 is 0 Å². The second-order valence-corrected chi connectivity index (χ2v) is 8.10. The number of hydrogen-bond acceptors (Lipinski definition) is 6. The fourth-order valence-corrected chi connectivity index (χ4v) is 3.89. The highest BCUT2D eigenvalue weighted by Gasteiger charge is 2.33. The molecule has 1 aliphatic heterocycles. The van der Waals surface area contributed by atoms with Crippen LogP contribution in [0, 0.1) is 5.92 Å². The third-order valence-electron chi connectivity index (χ3n) is 5.81. The molecular formula is C19H31N5O2. The Labute approximate surface area is 155 Å². The van der Waals surface area contributed by atoms with Crippen LogP contribution in [0.4, 0.5) is 11.5 Å². The molecule has 3 N–H and O–H groups in total. The maximum atomic E-state index is 12.1. The van der Waals surface area contributed by atoms with Crippen LogP contribution in [0.15, 0.2) is 6.20 Å². The Kier molecular flexibility index (Phi) is 5.65. The zero-order valence-electron chi connectivity index (χ0n) is 16.1. The average molecular weight is 361 g/mol. The molecule has 0 aromatic carbocycles. The second kappa shape index (κ2) is 7.78. The van der Waals surface area contributed by atoms with Gasteiger partial charge in [-0.2, -0.15) is 0 Å². The van der Waals surface area contributed by atoms with Crippen molar-refractivity contribution >= 4 is 17.4 Å². The molecule has 7 heteroatoms. The lowest BCUT2D eigenvalue weighted by molar-refractivity contribution is -0.133. The van der Waals surface area contributed by atoms with Crippen molar-refractivity contribution in [1.82, 2.24) is 14.9 Å². The molecule has 144 valence electrons. The summed E-state index contributed by atoms with van der Waals surface area (Å²) in [6, 6.07) is 0.300. The lowest BCUT2D eigenvalue weighted by Gasteiger charge is -2.33. The van der Waals surface area contributed by atoms with Gasteiger partial charge in [0.1, 0.15) is 5.82 Å². The SMILES string of the molecule is CN(C)C(=O)[C@H]1CC[C@H](Nc2nc(C3(C)CCOCC3)ncc2N)CC1. The molecule has 3 rings (SSSR count). The van der Waals surface area contributed by atoms with Gasteiger partial charge in [0.05, 0.1) is 11.9 Å². The monoisotopic (exact) mass is 361 g/mol. The number of ether oxygens (including phenoxy) is 1. The first kappa shape index (κ1) is 18.9. The molecule has 2 heterocycles. The molecule has 26 heavy (non-hydrogen) atoms. The molecular weight excluding hydrogens is 330 g/mol. The fraction of sp³-hybridized carbons (Fsp3) is 0.737. The Balaban J connectivity index is 1.65. The molecule has 1 aromatic rings. The van der Waals surface area contributed by atoms with Gasteiger partial charge in [-0.15, -0.1) is 0 Å². The standard InChI is InChI=1S/C19H31N5O2/c1-19(8-10-26-11-9-19)18-21-12-15(20)16(23-18)22-14-6-4-13(5-7-14)17(25)24(2)3/h12-14H,4-11,20H2,1-3H3,(H,21,22,23)/t13-,14-. The van der Waals surface area contributed by atoms with Crippen LogP contribution in [0.1, 0.15) is 51.3 Å². The van der Waals surface area contributed by atoms with E-state index in [0.717, 1.165) is 63.4 Å². The number of nitrogen functional groups attached to an aromatic ring is 1. The summed E-state index contributed by atoms with van der Waals surface area (Å²) >= 11 is 0. The maximum Gasteiger partial charge on any atom is 0.225 e. The molecule has 1 saturated heterocycles. The lowest BCUT2D eigenvalue weighted by Crippen LogP contribution is -2.36. The molecule has 0 unspecified atom stereocenters. The first-order valence-corrected chi connectivity index (χ1v) is 9.57. The van der Waals surface area contributed by atoms with E-state index in [1.807, 2.05) is 14.1 Å². The highest BCUT2D eigenvalue weighted by atomic mass is 16.5. The van der Waals surface area contributed by atoms with E-state index in [2.05, 4.69) is 17.2 Å². The number of aromatic nitrogens is 2. The van der Waals surface area contributed by atoms with Crippen molar-refractivity contribution in [2.45, 2.75) is 56.9 Å². The quantitative estimate of drug-likeness (QED) is 0.854. The summed E-state index contributed by atoms with van der Waals surface area (Å²) in [7, 11) is 3.65. The normalized spacial score (nSPS) is 25.5. The van der Waals surface area contributed by atoms with Gasteiger partial charge < -0.3 is 20.7 Å². The highest BCUT2D eigenvalue weighted by Crippen LogP contribution is 2.34. The molecule has 0 bridgehead atoms.